The van der Waals surface area contributed by atoms with E-state index in [-0.39, 0.29) is 11.5 Å². The molecule has 30 heavy (non-hydrogen) atoms. The van der Waals surface area contributed by atoms with Crippen molar-refractivity contribution >= 4 is 5.91 Å². The maximum Gasteiger partial charge on any atom is 0.349 e. The Balaban J connectivity index is 1.36. The van der Waals surface area contributed by atoms with E-state index < -0.39 is 11.2 Å². The molecule has 1 aliphatic carbocycles. The lowest BCUT2D eigenvalue weighted by Gasteiger charge is -2.44. The van der Waals surface area contributed by atoms with Gasteiger partial charge in [-0.2, -0.15) is 0 Å². The number of hydrogen-bond acceptors (Lipinski definition) is 6. The van der Waals surface area contributed by atoms with Crippen LogP contribution in [-0.2, 0) is 16.8 Å². The Kier molecular flexibility index (Phi) is 4.73. The number of aryl methyl sites for hydroxylation is 2. The highest BCUT2D eigenvalue weighted by atomic mass is 16.5. The summed E-state index contributed by atoms with van der Waals surface area (Å²) >= 11 is 0. The number of amides is 1. The molecule has 2 aromatic rings. The van der Waals surface area contributed by atoms with Crippen LogP contribution in [0.1, 0.15) is 76.8 Å². The first-order valence-corrected chi connectivity index (χ1v) is 10.9. The number of ether oxygens (including phenoxy) is 1. The average molecular weight is 409 g/mol. The molecule has 1 amide bonds. The summed E-state index contributed by atoms with van der Waals surface area (Å²) in [6.45, 7) is 5.39. The van der Waals surface area contributed by atoms with E-state index in [1.807, 2.05) is 26.1 Å². The highest BCUT2D eigenvalue weighted by Crippen LogP contribution is 2.41. The van der Waals surface area contributed by atoms with Crippen molar-refractivity contribution in [1.29, 1.82) is 0 Å². The number of carbonyl (C=O) groups is 1. The fraction of sp³-hybridized carbons (Fsp3) is 0.565. The van der Waals surface area contributed by atoms with Crippen LogP contribution in [0, 0.1) is 13.8 Å². The third kappa shape index (κ3) is 3.16. The van der Waals surface area contributed by atoms with Crippen molar-refractivity contribution in [3.63, 3.8) is 0 Å². The van der Waals surface area contributed by atoms with Gasteiger partial charge in [-0.15, -0.1) is 0 Å². The van der Waals surface area contributed by atoms with E-state index >= 15 is 0 Å². The van der Waals surface area contributed by atoms with E-state index in [0.29, 0.717) is 44.0 Å². The van der Waals surface area contributed by atoms with Crippen molar-refractivity contribution in [2.75, 3.05) is 19.7 Å². The van der Waals surface area contributed by atoms with Gasteiger partial charge >= 0.3 is 5.63 Å². The molecule has 5 rings (SSSR count). The van der Waals surface area contributed by atoms with Gasteiger partial charge in [0.15, 0.2) is 0 Å². The van der Waals surface area contributed by atoms with Crippen LogP contribution in [0.25, 0.3) is 0 Å². The predicted octanol–water partition coefficient (Wildman–Crippen LogP) is 3.02. The Bertz CT molecular complexity index is 1050. The summed E-state index contributed by atoms with van der Waals surface area (Å²) in [6, 6.07) is 1.88. The van der Waals surface area contributed by atoms with Gasteiger partial charge < -0.3 is 14.1 Å². The van der Waals surface area contributed by atoms with Crippen molar-refractivity contribution < 1.29 is 13.9 Å². The van der Waals surface area contributed by atoms with Gasteiger partial charge in [-0.25, -0.2) is 14.8 Å². The van der Waals surface area contributed by atoms with Gasteiger partial charge in [0.25, 0.3) is 5.91 Å². The SMILES string of the molecule is Cc1ncc2c(n1)C1(CCN(C(=O)c3c(C)cc(C4CCC4)oc3=O)CC1)OCC2. The summed E-state index contributed by atoms with van der Waals surface area (Å²) < 4.78 is 11.8. The summed E-state index contributed by atoms with van der Waals surface area (Å²) in [5.74, 6) is 1.53. The monoisotopic (exact) mass is 409 g/mol. The van der Waals surface area contributed by atoms with Crippen LogP contribution < -0.4 is 5.63 Å². The van der Waals surface area contributed by atoms with Gasteiger partial charge in [-0.05, 0) is 63.1 Å². The Hall–Kier alpha value is -2.54. The molecular weight excluding hydrogens is 382 g/mol. The Morgan fingerprint density at radius 3 is 2.67 bits per heavy atom. The number of piperidine rings is 1. The number of aromatic nitrogens is 2. The van der Waals surface area contributed by atoms with Crippen molar-refractivity contribution in [2.24, 2.45) is 0 Å². The van der Waals surface area contributed by atoms with Crippen LogP contribution in [0.15, 0.2) is 21.5 Å². The second kappa shape index (κ2) is 7.30. The molecule has 0 N–H and O–H groups in total. The first-order valence-electron chi connectivity index (χ1n) is 10.9. The van der Waals surface area contributed by atoms with Gasteiger partial charge in [-0.3, -0.25) is 4.79 Å². The summed E-state index contributed by atoms with van der Waals surface area (Å²) in [6.07, 6.45) is 7.30. The predicted molar refractivity (Wildman–Crippen MR) is 110 cm³/mol. The molecule has 2 aliphatic heterocycles. The molecule has 0 bridgehead atoms. The molecule has 7 heteroatoms. The molecule has 2 fully saturated rings. The Labute approximate surface area is 175 Å². The van der Waals surface area contributed by atoms with E-state index in [1.54, 1.807) is 4.90 Å². The lowest BCUT2D eigenvalue weighted by molar-refractivity contribution is -0.0969. The molecule has 1 saturated carbocycles. The molecule has 4 heterocycles. The highest BCUT2D eigenvalue weighted by Gasteiger charge is 2.43. The molecule has 3 aliphatic rings. The largest absolute Gasteiger partial charge is 0.427 e. The molecule has 2 aromatic heterocycles. The van der Waals surface area contributed by atoms with Crippen molar-refractivity contribution in [1.82, 2.24) is 14.9 Å². The van der Waals surface area contributed by atoms with E-state index in [1.165, 1.54) is 6.42 Å². The molecular formula is C23H27N3O4. The molecule has 0 aromatic carbocycles. The van der Waals surface area contributed by atoms with Crippen LogP contribution in [0.2, 0.25) is 0 Å². The smallest absolute Gasteiger partial charge is 0.349 e. The minimum atomic E-state index is -0.509. The molecule has 158 valence electrons. The summed E-state index contributed by atoms with van der Waals surface area (Å²) in [5.41, 5.74) is 2.00. The van der Waals surface area contributed by atoms with Crippen molar-refractivity contribution in [2.45, 2.75) is 63.9 Å². The maximum atomic E-state index is 13.2. The summed E-state index contributed by atoms with van der Waals surface area (Å²) in [4.78, 5) is 36.6. The Morgan fingerprint density at radius 2 is 2.00 bits per heavy atom. The number of fused-ring (bicyclic) bond motifs is 2. The third-order valence-electron chi connectivity index (χ3n) is 6.91. The number of rotatable bonds is 2. The Morgan fingerprint density at radius 1 is 1.23 bits per heavy atom. The van der Waals surface area contributed by atoms with Crippen LogP contribution in [0.4, 0.5) is 0 Å². The number of carbonyl (C=O) groups excluding carboxylic acids is 1. The van der Waals surface area contributed by atoms with Gasteiger partial charge in [0, 0.05) is 25.2 Å². The molecule has 1 spiro atoms. The highest BCUT2D eigenvalue weighted by molar-refractivity contribution is 5.95. The summed E-state index contributed by atoms with van der Waals surface area (Å²) in [7, 11) is 0. The zero-order chi connectivity index (χ0) is 20.9. The minimum absolute atomic E-state index is 0.164. The number of likely N-dealkylation sites (tertiary alicyclic amines) is 1. The topological polar surface area (TPSA) is 85.5 Å². The van der Waals surface area contributed by atoms with E-state index in [2.05, 4.69) is 9.97 Å². The zero-order valence-corrected chi connectivity index (χ0v) is 17.6. The van der Waals surface area contributed by atoms with Gasteiger partial charge in [0.2, 0.25) is 0 Å². The van der Waals surface area contributed by atoms with E-state index in [9.17, 15) is 9.59 Å². The molecule has 0 unspecified atom stereocenters. The molecule has 0 atom stereocenters. The first kappa shape index (κ1) is 19.4. The average Bonchev–Trinajstić information content (AvgIpc) is 2.67. The zero-order valence-electron chi connectivity index (χ0n) is 17.6. The quantitative estimate of drug-likeness (QED) is 0.758. The third-order valence-corrected chi connectivity index (χ3v) is 6.91. The van der Waals surface area contributed by atoms with Gasteiger partial charge in [0.05, 0.1) is 12.3 Å². The fourth-order valence-corrected chi connectivity index (χ4v) is 4.89. The van der Waals surface area contributed by atoms with Crippen LogP contribution in [-0.4, -0.2) is 40.5 Å². The van der Waals surface area contributed by atoms with Gasteiger partial charge in [-0.1, -0.05) is 6.42 Å². The molecule has 0 radical (unpaired) electrons. The van der Waals surface area contributed by atoms with E-state index in [0.717, 1.165) is 42.1 Å². The lowest BCUT2D eigenvalue weighted by Crippen LogP contribution is -2.49. The lowest BCUT2D eigenvalue weighted by atomic mass is 9.82. The fourth-order valence-electron chi connectivity index (χ4n) is 4.89. The maximum absolute atomic E-state index is 13.2. The second-order valence-corrected chi connectivity index (χ2v) is 8.80. The molecule has 1 saturated heterocycles. The first-order chi connectivity index (χ1) is 14.5. The number of nitrogens with zero attached hydrogens (tertiary/aromatic N) is 3. The minimum Gasteiger partial charge on any atom is -0.427 e. The van der Waals surface area contributed by atoms with Crippen LogP contribution >= 0.6 is 0 Å². The van der Waals surface area contributed by atoms with Gasteiger partial charge in [0.1, 0.15) is 22.7 Å². The standard InChI is InChI=1S/C23H27N3O4/c1-14-12-18(16-4-3-5-16)30-22(28)19(14)21(27)26-9-7-23(8-10-26)20-17(6-11-29-23)13-24-15(2)25-20/h12-13,16H,3-11H2,1-2H3. The van der Waals surface area contributed by atoms with E-state index in [4.69, 9.17) is 9.15 Å². The van der Waals surface area contributed by atoms with Crippen molar-refractivity contribution in [3.8, 4) is 0 Å². The van der Waals surface area contributed by atoms with Crippen LogP contribution in [0.5, 0.6) is 0 Å². The summed E-state index contributed by atoms with van der Waals surface area (Å²) in [5, 5.41) is 0. The molecule has 7 nitrogen and oxygen atoms in total. The normalized spacial score (nSPS) is 20.7. The van der Waals surface area contributed by atoms with Crippen LogP contribution in [0.3, 0.4) is 0 Å². The number of hydrogen-bond donors (Lipinski definition) is 0. The van der Waals surface area contributed by atoms with Crippen molar-refractivity contribution in [3.05, 3.63) is 56.7 Å². The second-order valence-electron chi connectivity index (χ2n) is 8.80.